The average molecular weight is 330 g/mol. The van der Waals surface area contributed by atoms with Crippen molar-refractivity contribution < 1.29 is 27.5 Å². The lowest BCUT2D eigenvalue weighted by atomic mass is 10.0. The first-order chi connectivity index (χ1) is 10.8. The van der Waals surface area contributed by atoms with Crippen LogP contribution in [-0.4, -0.2) is 32.1 Å². The molecule has 0 atom stereocenters. The fourth-order valence-corrected chi connectivity index (χ4v) is 2.14. The molecule has 0 unspecified atom stereocenters. The van der Waals surface area contributed by atoms with Crippen LogP contribution in [0.1, 0.15) is 18.4 Å². The SMILES string of the molecule is COCCNC(=O)C1(C(=O)Nc2cccc(C(F)(F)F)c2)CC1. The summed E-state index contributed by atoms with van der Waals surface area (Å²) in [5.41, 5.74) is -2.03. The smallest absolute Gasteiger partial charge is 0.383 e. The number of rotatable bonds is 6. The molecular weight excluding hydrogens is 313 g/mol. The topological polar surface area (TPSA) is 67.4 Å². The second-order valence-electron chi connectivity index (χ2n) is 5.36. The monoisotopic (exact) mass is 330 g/mol. The van der Waals surface area contributed by atoms with Gasteiger partial charge in [-0.2, -0.15) is 13.2 Å². The molecule has 1 fully saturated rings. The Hall–Kier alpha value is -2.09. The van der Waals surface area contributed by atoms with Crippen LogP contribution in [0.2, 0.25) is 0 Å². The molecule has 0 saturated heterocycles. The number of amides is 2. The van der Waals surface area contributed by atoms with Crippen LogP contribution in [0, 0.1) is 5.41 Å². The van der Waals surface area contributed by atoms with E-state index in [1.54, 1.807) is 0 Å². The molecule has 1 saturated carbocycles. The molecule has 1 aromatic rings. The van der Waals surface area contributed by atoms with Crippen molar-refractivity contribution in [1.82, 2.24) is 5.32 Å². The molecule has 0 heterocycles. The van der Waals surface area contributed by atoms with E-state index in [1.165, 1.54) is 19.2 Å². The molecule has 0 aromatic heterocycles. The molecule has 8 heteroatoms. The third-order valence-corrected chi connectivity index (χ3v) is 3.66. The van der Waals surface area contributed by atoms with Crippen LogP contribution in [0.5, 0.6) is 0 Å². The number of hydrogen-bond acceptors (Lipinski definition) is 3. The summed E-state index contributed by atoms with van der Waals surface area (Å²) in [4.78, 5) is 24.3. The molecule has 23 heavy (non-hydrogen) atoms. The Morgan fingerprint density at radius 3 is 2.52 bits per heavy atom. The molecule has 1 aromatic carbocycles. The third-order valence-electron chi connectivity index (χ3n) is 3.66. The summed E-state index contributed by atoms with van der Waals surface area (Å²) < 4.78 is 42.8. The summed E-state index contributed by atoms with van der Waals surface area (Å²) >= 11 is 0. The molecule has 5 nitrogen and oxygen atoms in total. The van der Waals surface area contributed by atoms with Gasteiger partial charge in [0.05, 0.1) is 12.2 Å². The van der Waals surface area contributed by atoms with E-state index in [9.17, 15) is 22.8 Å². The molecule has 2 rings (SSSR count). The van der Waals surface area contributed by atoms with Crippen LogP contribution in [0.3, 0.4) is 0 Å². The number of hydrogen-bond donors (Lipinski definition) is 2. The van der Waals surface area contributed by atoms with Gasteiger partial charge in [0.25, 0.3) is 0 Å². The van der Waals surface area contributed by atoms with Crippen LogP contribution in [0.15, 0.2) is 24.3 Å². The van der Waals surface area contributed by atoms with Crippen molar-refractivity contribution in [2.75, 3.05) is 25.6 Å². The Kier molecular flexibility index (Phi) is 4.93. The number of anilines is 1. The third kappa shape index (κ3) is 4.01. The van der Waals surface area contributed by atoms with Crippen molar-refractivity contribution in [1.29, 1.82) is 0 Å². The maximum absolute atomic E-state index is 12.7. The minimum absolute atomic E-state index is 0.0146. The summed E-state index contributed by atoms with van der Waals surface area (Å²) in [6.45, 7) is 0.588. The van der Waals surface area contributed by atoms with E-state index < -0.39 is 29.0 Å². The number of ether oxygens (including phenoxy) is 1. The first kappa shape index (κ1) is 17.3. The molecule has 1 aliphatic carbocycles. The number of halogens is 3. The zero-order chi connectivity index (χ0) is 17.1. The van der Waals surface area contributed by atoms with Gasteiger partial charge >= 0.3 is 6.18 Å². The van der Waals surface area contributed by atoms with E-state index in [2.05, 4.69) is 10.6 Å². The highest BCUT2D eigenvalue weighted by Gasteiger charge is 2.56. The van der Waals surface area contributed by atoms with E-state index in [0.29, 0.717) is 19.4 Å². The Bertz CT molecular complexity index is 598. The van der Waals surface area contributed by atoms with Gasteiger partial charge < -0.3 is 15.4 Å². The lowest BCUT2D eigenvalue weighted by Gasteiger charge is -2.16. The minimum Gasteiger partial charge on any atom is -0.383 e. The number of alkyl halides is 3. The van der Waals surface area contributed by atoms with Crippen molar-refractivity contribution in [3.63, 3.8) is 0 Å². The van der Waals surface area contributed by atoms with Gasteiger partial charge in [-0.05, 0) is 31.0 Å². The number of carbonyl (C=O) groups excluding carboxylic acids is 2. The summed E-state index contributed by atoms with van der Waals surface area (Å²) in [7, 11) is 1.49. The lowest BCUT2D eigenvalue weighted by Crippen LogP contribution is -2.41. The van der Waals surface area contributed by atoms with Gasteiger partial charge in [-0.3, -0.25) is 9.59 Å². The van der Waals surface area contributed by atoms with Crippen molar-refractivity contribution in [3.05, 3.63) is 29.8 Å². The highest BCUT2D eigenvalue weighted by Crippen LogP contribution is 2.47. The van der Waals surface area contributed by atoms with E-state index in [4.69, 9.17) is 4.74 Å². The van der Waals surface area contributed by atoms with Crippen LogP contribution in [-0.2, 0) is 20.5 Å². The van der Waals surface area contributed by atoms with Gasteiger partial charge in [-0.25, -0.2) is 0 Å². The van der Waals surface area contributed by atoms with E-state index in [1.807, 2.05) is 0 Å². The van der Waals surface area contributed by atoms with Crippen molar-refractivity contribution in [2.24, 2.45) is 5.41 Å². The predicted octanol–water partition coefficient (Wildman–Crippen LogP) is 2.19. The number of methoxy groups -OCH3 is 1. The first-order valence-corrected chi connectivity index (χ1v) is 7.05. The average Bonchev–Trinajstić information content (AvgIpc) is 3.28. The molecule has 1 aliphatic rings. The van der Waals surface area contributed by atoms with Crippen molar-refractivity contribution in [3.8, 4) is 0 Å². The van der Waals surface area contributed by atoms with Gasteiger partial charge in [0.2, 0.25) is 11.8 Å². The Morgan fingerprint density at radius 1 is 1.26 bits per heavy atom. The quantitative estimate of drug-likeness (QED) is 0.621. The second-order valence-corrected chi connectivity index (χ2v) is 5.36. The van der Waals surface area contributed by atoms with Gasteiger partial charge in [0.15, 0.2) is 0 Å². The summed E-state index contributed by atoms with van der Waals surface area (Å²) in [6.07, 6.45) is -3.75. The standard InChI is InChI=1S/C15H17F3N2O3/c1-23-8-7-19-12(21)14(5-6-14)13(22)20-11-4-2-3-10(9-11)15(16,17)18/h2-4,9H,5-8H2,1H3,(H,19,21)(H,20,22). The maximum Gasteiger partial charge on any atom is 0.416 e. The highest BCUT2D eigenvalue weighted by molar-refractivity contribution is 6.13. The van der Waals surface area contributed by atoms with Gasteiger partial charge in [-0.1, -0.05) is 6.07 Å². The normalized spacial score (nSPS) is 15.8. The number of benzene rings is 1. The van der Waals surface area contributed by atoms with Crippen LogP contribution in [0.25, 0.3) is 0 Å². The maximum atomic E-state index is 12.7. The molecule has 0 bridgehead atoms. The van der Waals surface area contributed by atoms with E-state index in [-0.39, 0.29) is 12.2 Å². The zero-order valence-electron chi connectivity index (χ0n) is 12.5. The number of nitrogens with one attached hydrogen (secondary N) is 2. The van der Waals surface area contributed by atoms with Crippen LogP contribution >= 0.6 is 0 Å². The molecule has 2 N–H and O–H groups in total. The summed E-state index contributed by atoms with van der Waals surface area (Å²) in [6, 6.07) is 4.32. The Balaban J connectivity index is 2.03. The largest absolute Gasteiger partial charge is 0.416 e. The fraction of sp³-hybridized carbons (Fsp3) is 0.467. The molecule has 0 spiro atoms. The Labute approximate surface area is 131 Å². The number of carbonyl (C=O) groups is 2. The second kappa shape index (κ2) is 6.57. The van der Waals surface area contributed by atoms with E-state index >= 15 is 0 Å². The fourth-order valence-electron chi connectivity index (χ4n) is 2.14. The lowest BCUT2D eigenvalue weighted by molar-refractivity contribution is -0.138. The van der Waals surface area contributed by atoms with Crippen molar-refractivity contribution in [2.45, 2.75) is 19.0 Å². The Morgan fingerprint density at radius 2 is 1.96 bits per heavy atom. The molecule has 0 aliphatic heterocycles. The minimum atomic E-state index is -4.49. The zero-order valence-corrected chi connectivity index (χ0v) is 12.5. The first-order valence-electron chi connectivity index (χ1n) is 7.05. The van der Waals surface area contributed by atoms with Crippen molar-refractivity contribution >= 4 is 17.5 Å². The van der Waals surface area contributed by atoms with Gasteiger partial charge in [0.1, 0.15) is 5.41 Å². The summed E-state index contributed by atoms with van der Waals surface area (Å²) in [5, 5.41) is 4.98. The molecular formula is C15H17F3N2O3. The predicted molar refractivity (Wildman–Crippen MR) is 76.6 cm³/mol. The van der Waals surface area contributed by atoms with Gasteiger partial charge in [0, 0.05) is 19.3 Å². The van der Waals surface area contributed by atoms with E-state index in [0.717, 1.165) is 12.1 Å². The van der Waals surface area contributed by atoms with Gasteiger partial charge in [-0.15, -0.1) is 0 Å². The molecule has 2 amide bonds. The molecule has 0 radical (unpaired) electrons. The highest BCUT2D eigenvalue weighted by atomic mass is 19.4. The summed E-state index contributed by atoms with van der Waals surface area (Å²) in [5.74, 6) is -1.02. The molecule has 126 valence electrons. The van der Waals surface area contributed by atoms with Crippen LogP contribution in [0.4, 0.5) is 18.9 Å². The van der Waals surface area contributed by atoms with Crippen LogP contribution < -0.4 is 10.6 Å².